The van der Waals surface area contributed by atoms with Gasteiger partial charge >= 0.3 is 0 Å². The number of rotatable bonds is 6. The van der Waals surface area contributed by atoms with Gasteiger partial charge in [0, 0.05) is 4.47 Å². The van der Waals surface area contributed by atoms with Crippen molar-refractivity contribution in [3.63, 3.8) is 0 Å². The van der Waals surface area contributed by atoms with Gasteiger partial charge in [-0.1, -0.05) is 81.4 Å². The van der Waals surface area contributed by atoms with Crippen LogP contribution in [-0.4, -0.2) is 0 Å². The normalized spacial score (nSPS) is 53.5. The molecule has 8 aliphatic carbocycles. The average Bonchev–Trinajstić information content (AvgIpc) is 2.83. The SMILES string of the molecule is CCC12CC3CC(CC)(C1)CC(C14CC5(CC)CC(CC)(CC(c6ccc(Br)cc6)(C5)C1)C4)(C3)C2. The van der Waals surface area contributed by atoms with Crippen LogP contribution in [0.5, 0.6) is 0 Å². The lowest BCUT2D eigenvalue weighted by molar-refractivity contribution is -0.281. The fourth-order valence-corrected chi connectivity index (χ4v) is 14.0. The molecule has 8 bridgehead atoms. The minimum absolute atomic E-state index is 0.420. The van der Waals surface area contributed by atoms with E-state index in [4.69, 9.17) is 0 Å². The lowest BCUT2D eigenvalue weighted by Gasteiger charge is -2.79. The van der Waals surface area contributed by atoms with Gasteiger partial charge in [0.15, 0.2) is 0 Å². The van der Waals surface area contributed by atoms with E-state index in [1.54, 1.807) is 56.9 Å². The fraction of sp³-hybridized carbons (Fsp3) is 0.824. The molecule has 4 unspecified atom stereocenters. The lowest BCUT2D eigenvalue weighted by atomic mass is 9.25. The number of benzene rings is 1. The van der Waals surface area contributed by atoms with E-state index in [9.17, 15) is 0 Å². The standard InChI is InChI=1S/C34H49Br/c1-5-28-13-25-14-29(6-2,16-28)21-33(15-25,20-28)34-22-30(7-3)17-31(8-4,23-34)19-32(18-30,24-34)26-9-11-27(35)12-10-26/h9-12,25H,5-8,13-24H2,1-4H3. The van der Waals surface area contributed by atoms with Crippen LogP contribution >= 0.6 is 15.9 Å². The topological polar surface area (TPSA) is 0 Å². The van der Waals surface area contributed by atoms with Gasteiger partial charge < -0.3 is 0 Å². The summed E-state index contributed by atoms with van der Waals surface area (Å²) in [7, 11) is 0. The maximum Gasteiger partial charge on any atom is 0.0175 e. The third-order valence-corrected chi connectivity index (χ3v) is 14.7. The van der Waals surface area contributed by atoms with Crippen molar-refractivity contribution in [3.05, 3.63) is 34.3 Å². The van der Waals surface area contributed by atoms with Gasteiger partial charge in [0.05, 0.1) is 0 Å². The lowest BCUT2D eigenvalue weighted by Crippen LogP contribution is -2.70. The summed E-state index contributed by atoms with van der Waals surface area (Å²) < 4.78 is 1.24. The monoisotopic (exact) mass is 536 g/mol. The molecular weight excluding hydrogens is 488 g/mol. The largest absolute Gasteiger partial charge is 0.0649 e. The third-order valence-electron chi connectivity index (χ3n) is 14.2. The van der Waals surface area contributed by atoms with Crippen LogP contribution in [0.1, 0.15) is 136 Å². The van der Waals surface area contributed by atoms with Gasteiger partial charge in [0.25, 0.3) is 0 Å². The first-order chi connectivity index (χ1) is 16.6. The Hall–Kier alpha value is -0.300. The molecule has 8 aliphatic rings. The molecule has 0 spiro atoms. The highest BCUT2D eigenvalue weighted by atomic mass is 79.9. The summed E-state index contributed by atoms with van der Waals surface area (Å²) in [6, 6.07) is 9.75. The molecule has 0 saturated heterocycles. The molecule has 0 aromatic heterocycles. The minimum atomic E-state index is 0.420. The Labute approximate surface area is 223 Å². The van der Waals surface area contributed by atoms with E-state index in [1.165, 1.54) is 55.8 Å². The Morgan fingerprint density at radius 2 is 1.06 bits per heavy atom. The average molecular weight is 538 g/mol. The molecular formula is C34H49Br. The molecule has 35 heavy (non-hydrogen) atoms. The van der Waals surface area contributed by atoms with E-state index in [0.717, 1.165) is 5.92 Å². The quantitative estimate of drug-likeness (QED) is 0.339. The number of hydrogen-bond acceptors (Lipinski definition) is 0. The second-order valence-electron chi connectivity index (χ2n) is 15.8. The van der Waals surface area contributed by atoms with Crippen molar-refractivity contribution >= 4 is 15.9 Å². The molecule has 0 radical (unpaired) electrons. The van der Waals surface area contributed by atoms with E-state index < -0.39 is 0 Å². The van der Waals surface area contributed by atoms with Gasteiger partial charge in [0.2, 0.25) is 0 Å². The van der Waals surface area contributed by atoms with Crippen LogP contribution in [0.25, 0.3) is 0 Å². The summed E-state index contributed by atoms with van der Waals surface area (Å²) in [5.74, 6) is 1.03. The van der Waals surface area contributed by atoms with Gasteiger partial charge in [-0.15, -0.1) is 0 Å². The first-order valence-electron chi connectivity index (χ1n) is 15.4. The summed E-state index contributed by atoms with van der Waals surface area (Å²) in [4.78, 5) is 0. The van der Waals surface area contributed by atoms with Crippen LogP contribution in [0.15, 0.2) is 28.7 Å². The van der Waals surface area contributed by atoms with Crippen molar-refractivity contribution in [1.29, 1.82) is 0 Å². The smallest absolute Gasteiger partial charge is 0.0175 e. The second-order valence-corrected chi connectivity index (χ2v) is 16.7. The molecule has 0 aliphatic heterocycles. The Morgan fingerprint density at radius 1 is 0.571 bits per heavy atom. The fourth-order valence-electron chi connectivity index (χ4n) is 13.7. The molecule has 0 nitrogen and oxygen atoms in total. The third kappa shape index (κ3) is 3.03. The van der Waals surface area contributed by atoms with Gasteiger partial charge in [-0.2, -0.15) is 0 Å². The van der Waals surface area contributed by atoms with E-state index in [2.05, 4.69) is 67.9 Å². The summed E-state index contributed by atoms with van der Waals surface area (Å²) in [5.41, 5.74) is 5.83. The van der Waals surface area contributed by atoms with Crippen LogP contribution in [0, 0.1) is 38.4 Å². The van der Waals surface area contributed by atoms with E-state index in [1.807, 2.05) is 0 Å². The number of halogens is 1. The van der Waals surface area contributed by atoms with Crippen LogP contribution in [-0.2, 0) is 5.41 Å². The Kier molecular flexibility index (Phi) is 4.90. The maximum atomic E-state index is 3.75. The zero-order valence-corrected chi connectivity index (χ0v) is 24.7. The summed E-state index contributed by atoms with van der Waals surface area (Å²) in [6.45, 7) is 10.3. The van der Waals surface area contributed by atoms with Gasteiger partial charge in [-0.05, 0) is 139 Å². The molecule has 0 amide bonds. The Balaban J connectivity index is 1.42. The predicted octanol–water partition coefficient (Wildman–Crippen LogP) is 10.6. The minimum Gasteiger partial charge on any atom is -0.0649 e. The molecule has 8 fully saturated rings. The van der Waals surface area contributed by atoms with E-state index in [-0.39, 0.29) is 0 Å². The zero-order chi connectivity index (χ0) is 24.4. The van der Waals surface area contributed by atoms with Crippen LogP contribution in [0.2, 0.25) is 0 Å². The molecule has 9 rings (SSSR count). The van der Waals surface area contributed by atoms with Crippen molar-refractivity contribution in [2.45, 2.75) is 136 Å². The number of hydrogen-bond donors (Lipinski definition) is 0. The maximum absolute atomic E-state index is 3.75. The highest BCUT2D eigenvalue weighted by molar-refractivity contribution is 9.10. The molecule has 8 saturated carbocycles. The van der Waals surface area contributed by atoms with Crippen molar-refractivity contribution in [3.8, 4) is 0 Å². The summed E-state index contributed by atoms with van der Waals surface area (Å²) >= 11 is 3.75. The summed E-state index contributed by atoms with van der Waals surface area (Å²) in [5, 5.41) is 0. The van der Waals surface area contributed by atoms with Gasteiger partial charge in [-0.25, -0.2) is 0 Å². The zero-order valence-electron chi connectivity index (χ0n) is 23.1. The first kappa shape index (κ1) is 23.8. The molecule has 1 heteroatoms. The molecule has 0 heterocycles. The highest BCUT2D eigenvalue weighted by Gasteiger charge is 2.75. The Morgan fingerprint density at radius 3 is 1.57 bits per heavy atom. The predicted molar refractivity (Wildman–Crippen MR) is 150 cm³/mol. The van der Waals surface area contributed by atoms with Crippen LogP contribution < -0.4 is 0 Å². The van der Waals surface area contributed by atoms with Gasteiger partial charge in [-0.3, -0.25) is 0 Å². The van der Waals surface area contributed by atoms with Crippen molar-refractivity contribution in [2.24, 2.45) is 38.4 Å². The Bertz CT molecular complexity index is 978. The molecule has 1 aromatic carbocycles. The molecule has 4 atom stereocenters. The van der Waals surface area contributed by atoms with Crippen LogP contribution in [0.4, 0.5) is 0 Å². The second kappa shape index (κ2) is 7.21. The molecule has 0 N–H and O–H groups in total. The molecule has 1 aromatic rings. The van der Waals surface area contributed by atoms with Crippen molar-refractivity contribution in [1.82, 2.24) is 0 Å². The van der Waals surface area contributed by atoms with E-state index >= 15 is 0 Å². The van der Waals surface area contributed by atoms with Crippen molar-refractivity contribution in [2.75, 3.05) is 0 Å². The van der Waals surface area contributed by atoms with Crippen molar-refractivity contribution < 1.29 is 0 Å². The summed E-state index contributed by atoms with van der Waals surface area (Å²) in [6.07, 6.45) is 24.3. The molecule has 192 valence electrons. The van der Waals surface area contributed by atoms with Crippen LogP contribution in [0.3, 0.4) is 0 Å². The first-order valence-corrected chi connectivity index (χ1v) is 16.2. The van der Waals surface area contributed by atoms with E-state index in [0.29, 0.717) is 37.9 Å². The van der Waals surface area contributed by atoms with Gasteiger partial charge in [0.1, 0.15) is 0 Å². The highest BCUT2D eigenvalue weighted by Crippen LogP contribution is 2.85.